The van der Waals surface area contributed by atoms with E-state index in [1.54, 1.807) is 6.92 Å². The second-order valence-corrected chi connectivity index (χ2v) is 8.50. The lowest BCUT2D eigenvalue weighted by Crippen LogP contribution is -2.21. The maximum absolute atomic E-state index is 12.8. The lowest BCUT2D eigenvalue weighted by molar-refractivity contribution is 0.0524. The predicted molar refractivity (Wildman–Crippen MR) is 127 cm³/mol. The Labute approximate surface area is 195 Å². The number of carbonyl (C=O) groups is 1. The first-order chi connectivity index (χ1) is 14.3. The van der Waals surface area contributed by atoms with Gasteiger partial charge >= 0.3 is 5.97 Å². The van der Waals surface area contributed by atoms with Gasteiger partial charge in [0.05, 0.1) is 28.5 Å². The van der Waals surface area contributed by atoms with Crippen LogP contribution in [0.3, 0.4) is 0 Å². The molecule has 4 nitrogen and oxygen atoms in total. The van der Waals surface area contributed by atoms with Crippen LogP contribution >= 0.6 is 39.1 Å². The Kier molecular flexibility index (Phi) is 7.50. The van der Waals surface area contributed by atoms with Gasteiger partial charge in [-0.05, 0) is 78.2 Å². The number of anilines is 1. The molecule has 1 aromatic heterocycles. The number of benzene rings is 2. The monoisotopic (exact) mass is 508 g/mol. The van der Waals surface area contributed by atoms with E-state index >= 15 is 0 Å². The molecule has 0 fully saturated rings. The largest absolute Gasteiger partial charge is 0.462 e. The first-order valence-corrected chi connectivity index (χ1v) is 11.2. The van der Waals surface area contributed by atoms with Gasteiger partial charge < -0.3 is 14.6 Å². The van der Waals surface area contributed by atoms with Crippen molar-refractivity contribution in [3.63, 3.8) is 0 Å². The Morgan fingerprint density at radius 2 is 1.77 bits per heavy atom. The quantitative estimate of drug-likeness (QED) is 0.340. The molecule has 7 heteroatoms. The van der Waals surface area contributed by atoms with Gasteiger partial charge in [-0.25, -0.2) is 4.79 Å². The number of nitrogens with zero attached hydrogens (tertiary/aromatic N) is 1. The van der Waals surface area contributed by atoms with Crippen LogP contribution in [0.1, 0.15) is 47.1 Å². The maximum Gasteiger partial charge on any atom is 0.340 e. The molecule has 3 aromatic rings. The van der Waals surface area contributed by atoms with Crippen molar-refractivity contribution in [3.05, 3.63) is 85.6 Å². The summed E-state index contributed by atoms with van der Waals surface area (Å²) in [5, 5.41) is 4.87. The Morgan fingerprint density at radius 3 is 2.40 bits per heavy atom. The van der Waals surface area contributed by atoms with Crippen LogP contribution < -0.4 is 5.32 Å². The van der Waals surface area contributed by atoms with E-state index in [1.807, 2.05) is 62.4 Å². The molecule has 0 spiro atoms. The van der Waals surface area contributed by atoms with Crippen molar-refractivity contribution in [2.45, 2.75) is 33.4 Å². The minimum absolute atomic E-state index is 0.305. The van der Waals surface area contributed by atoms with Crippen LogP contribution in [0.4, 0.5) is 5.69 Å². The number of halogens is 3. The molecule has 1 unspecified atom stereocenters. The van der Waals surface area contributed by atoms with Crippen LogP contribution in [-0.4, -0.2) is 17.1 Å². The second-order valence-electron chi connectivity index (χ2n) is 6.82. The van der Waals surface area contributed by atoms with Crippen molar-refractivity contribution in [3.8, 4) is 0 Å². The van der Waals surface area contributed by atoms with Crippen molar-refractivity contribution in [2.24, 2.45) is 0 Å². The molecule has 0 aliphatic carbocycles. The topological polar surface area (TPSA) is 43.3 Å². The smallest absolute Gasteiger partial charge is 0.340 e. The third-order valence-electron chi connectivity index (χ3n) is 4.88. The summed E-state index contributed by atoms with van der Waals surface area (Å²) in [7, 11) is 0. The van der Waals surface area contributed by atoms with Crippen LogP contribution in [0.5, 0.6) is 0 Å². The van der Waals surface area contributed by atoms with E-state index < -0.39 is 0 Å². The fourth-order valence-electron chi connectivity index (χ4n) is 3.41. The number of nitrogens with one attached hydrogen (secondary N) is 1. The van der Waals surface area contributed by atoms with Crippen molar-refractivity contribution in [1.82, 2.24) is 4.57 Å². The number of rotatable bonds is 7. The highest BCUT2D eigenvalue weighted by Gasteiger charge is 2.28. The first kappa shape index (κ1) is 22.7. The summed E-state index contributed by atoms with van der Waals surface area (Å²) in [5.74, 6) is -0.357. The average molecular weight is 510 g/mol. The van der Waals surface area contributed by atoms with Crippen LogP contribution in [0.25, 0.3) is 0 Å². The summed E-state index contributed by atoms with van der Waals surface area (Å²) in [6, 6.07) is 14.8. The van der Waals surface area contributed by atoms with Gasteiger partial charge in [-0.3, -0.25) is 0 Å². The van der Waals surface area contributed by atoms with Crippen LogP contribution in [0, 0.1) is 6.92 Å². The fourth-order valence-corrected chi connectivity index (χ4v) is 4.38. The fraction of sp³-hybridized carbons (Fsp3) is 0.261. The molecule has 1 heterocycles. The van der Waals surface area contributed by atoms with E-state index in [9.17, 15) is 4.79 Å². The zero-order chi connectivity index (χ0) is 21.8. The molecule has 0 radical (unpaired) electrons. The molecule has 0 aliphatic heterocycles. The molecular weight excluding hydrogens is 487 g/mol. The van der Waals surface area contributed by atoms with Crippen molar-refractivity contribution in [1.29, 1.82) is 0 Å². The Morgan fingerprint density at radius 1 is 1.10 bits per heavy atom. The van der Waals surface area contributed by atoms with Gasteiger partial charge in [0.15, 0.2) is 0 Å². The lowest BCUT2D eigenvalue weighted by Gasteiger charge is -2.25. The number of carbonyl (C=O) groups excluding carboxylic acids is 1. The second kappa shape index (κ2) is 9.90. The normalized spacial score (nSPS) is 11.9. The molecule has 3 rings (SSSR count). The van der Waals surface area contributed by atoms with E-state index in [0.29, 0.717) is 28.8 Å². The van der Waals surface area contributed by atoms with E-state index in [-0.39, 0.29) is 12.0 Å². The minimum Gasteiger partial charge on any atom is -0.462 e. The molecule has 0 saturated carbocycles. The van der Waals surface area contributed by atoms with Crippen molar-refractivity contribution >= 4 is 50.8 Å². The number of ether oxygens (including phenoxy) is 1. The number of aryl methyl sites for hydroxylation is 1. The first-order valence-electron chi connectivity index (χ1n) is 9.69. The van der Waals surface area contributed by atoms with Gasteiger partial charge in [-0.2, -0.15) is 0 Å². The van der Waals surface area contributed by atoms with E-state index in [1.165, 1.54) is 0 Å². The van der Waals surface area contributed by atoms with Gasteiger partial charge in [0.2, 0.25) is 0 Å². The Bertz CT molecular complexity index is 1050. The Balaban J connectivity index is 2.21. The number of aromatic nitrogens is 1. The lowest BCUT2D eigenvalue weighted by atomic mass is 9.99. The molecule has 2 aromatic carbocycles. The summed E-state index contributed by atoms with van der Waals surface area (Å²) >= 11 is 16.0. The summed E-state index contributed by atoms with van der Waals surface area (Å²) in [4.78, 5) is 12.8. The molecule has 158 valence electrons. The highest BCUT2D eigenvalue weighted by molar-refractivity contribution is 9.10. The third kappa shape index (κ3) is 4.85. The predicted octanol–water partition coefficient (Wildman–Crippen LogP) is 7.26. The molecule has 0 amide bonds. The molecule has 0 aliphatic rings. The van der Waals surface area contributed by atoms with E-state index in [0.717, 1.165) is 27.1 Å². The van der Waals surface area contributed by atoms with Crippen LogP contribution in [-0.2, 0) is 11.3 Å². The molecule has 1 atom stereocenters. The van der Waals surface area contributed by atoms with Gasteiger partial charge in [0.25, 0.3) is 0 Å². The third-order valence-corrected chi connectivity index (χ3v) is 6.02. The molecule has 0 bridgehead atoms. The molecule has 0 saturated heterocycles. The zero-order valence-electron chi connectivity index (χ0n) is 17.0. The van der Waals surface area contributed by atoms with Gasteiger partial charge in [-0.1, -0.05) is 41.4 Å². The van der Waals surface area contributed by atoms with Gasteiger partial charge in [-0.15, -0.1) is 0 Å². The number of hydrogen-bond acceptors (Lipinski definition) is 3. The zero-order valence-corrected chi connectivity index (χ0v) is 20.1. The Hall–Kier alpha value is -1.95. The standard InChI is InChI=1S/C23H23BrCl2N2O2/c1-4-28-20(24)13-18(23(29)30-5-2)22(28)21(15-7-10-16(25)11-8-15)27-19-12-17(26)9-6-14(19)3/h6-13,21,27H,4-5H2,1-3H3. The van der Waals surface area contributed by atoms with E-state index in [2.05, 4.69) is 25.8 Å². The summed E-state index contributed by atoms with van der Waals surface area (Å²) < 4.78 is 8.20. The summed E-state index contributed by atoms with van der Waals surface area (Å²) in [6.07, 6.45) is 0. The van der Waals surface area contributed by atoms with Gasteiger partial charge in [0.1, 0.15) is 0 Å². The number of hydrogen-bond donors (Lipinski definition) is 1. The summed E-state index contributed by atoms with van der Waals surface area (Å²) in [6.45, 7) is 6.83. The van der Waals surface area contributed by atoms with Crippen molar-refractivity contribution in [2.75, 3.05) is 11.9 Å². The average Bonchev–Trinajstić information content (AvgIpc) is 3.05. The highest BCUT2D eigenvalue weighted by atomic mass is 79.9. The molecular formula is C23H23BrCl2N2O2. The van der Waals surface area contributed by atoms with E-state index in [4.69, 9.17) is 27.9 Å². The SMILES string of the molecule is CCOC(=O)c1cc(Br)n(CC)c1C(Nc1cc(Cl)ccc1C)c1ccc(Cl)cc1. The van der Waals surface area contributed by atoms with Crippen LogP contribution in [0.2, 0.25) is 10.0 Å². The molecule has 1 N–H and O–H groups in total. The minimum atomic E-state index is -0.357. The van der Waals surface area contributed by atoms with Crippen molar-refractivity contribution < 1.29 is 9.53 Å². The molecule has 30 heavy (non-hydrogen) atoms. The maximum atomic E-state index is 12.8. The van der Waals surface area contributed by atoms with Crippen LogP contribution in [0.15, 0.2) is 53.1 Å². The number of esters is 1. The van der Waals surface area contributed by atoms with Gasteiger partial charge in [0, 0.05) is 22.3 Å². The summed E-state index contributed by atoms with van der Waals surface area (Å²) in [5.41, 5.74) is 4.22. The highest BCUT2D eigenvalue weighted by Crippen LogP contribution is 2.35.